The number of anilines is 1. The number of hydrogen-bond donors (Lipinski definition) is 0. The molecule has 1 aliphatic heterocycles. The zero-order valence-electron chi connectivity index (χ0n) is 11.6. The van der Waals surface area contributed by atoms with Gasteiger partial charge in [-0.1, -0.05) is 28.1 Å². The van der Waals surface area contributed by atoms with Crippen LogP contribution >= 0.6 is 15.9 Å². The fourth-order valence-corrected chi connectivity index (χ4v) is 3.32. The molecule has 1 aliphatic rings. The highest BCUT2D eigenvalue weighted by Gasteiger charge is 2.20. The lowest BCUT2D eigenvalue weighted by Gasteiger charge is -2.30. The van der Waals surface area contributed by atoms with E-state index < -0.39 is 0 Å². The van der Waals surface area contributed by atoms with Crippen LogP contribution in [0, 0.1) is 6.92 Å². The van der Waals surface area contributed by atoms with Crippen molar-refractivity contribution in [3.05, 3.63) is 51.8 Å². The van der Waals surface area contributed by atoms with Gasteiger partial charge in [-0.2, -0.15) is 4.52 Å². The van der Waals surface area contributed by atoms with Gasteiger partial charge in [-0.15, -0.1) is 15.3 Å². The minimum absolute atomic E-state index is 0.787. The van der Waals surface area contributed by atoms with Crippen molar-refractivity contribution < 1.29 is 0 Å². The van der Waals surface area contributed by atoms with Gasteiger partial charge in [0, 0.05) is 17.6 Å². The largest absolute Gasteiger partial charge is 0.350 e. The Balaban J connectivity index is 1.73. The smallest absolute Gasteiger partial charge is 0.178 e. The van der Waals surface area contributed by atoms with Crippen LogP contribution in [0.25, 0.3) is 5.65 Å². The van der Waals surface area contributed by atoms with Crippen LogP contribution in [0.2, 0.25) is 0 Å². The van der Waals surface area contributed by atoms with Gasteiger partial charge in [-0.25, -0.2) is 0 Å². The van der Waals surface area contributed by atoms with E-state index in [0.29, 0.717) is 0 Å². The molecule has 0 N–H and O–H groups in total. The van der Waals surface area contributed by atoms with Crippen molar-refractivity contribution >= 4 is 27.4 Å². The van der Waals surface area contributed by atoms with Crippen LogP contribution in [-0.4, -0.2) is 26.4 Å². The van der Waals surface area contributed by atoms with Crippen molar-refractivity contribution in [2.45, 2.75) is 19.9 Å². The topological polar surface area (TPSA) is 46.3 Å². The first kappa shape index (κ1) is 12.8. The molecule has 3 aromatic rings. The molecule has 4 rings (SSSR count). The molecule has 0 radical (unpaired) electrons. The van der Waals surface area contributed by atoms with Crippen LogP contribution in [0.1, 0.15) is 17.0 Å². The molecular formula is C15H14BrN5. The Kier molecular flexibility index (Phi) is 2.92. The van der Waals surface area contributed by atoms with Gasteiger partial charge in [0.25, 0.3) is 0 Å². The molecule has 2 aromatic heterocycles. The maximum Gasteiger partial charge on any atom is 0.178 e. The first-order valence-corrected chi connectivity index (χ1v) is 7.72. The second kappa shape index (κ2) is 4.80. The van der Waals surface area contributed by atoms with Crippen LogP contribution in [0.4, 0.5) is 5.82 Å². The third-order valence-electron chi connectivity index (χ3n) is 3.94. The Labute approximate surface area is 130 Å². The summed E-state index contributed by atoms with van der Waals surface area (Å²) in [5.74, 6) is 1.78. The Morgan fingerprint density at radius 3 is 2.95 bits per heavy atom. The average molecular weight is 344 g/mol. The quantitative estimate of drug-likeness (QED) is 0.681. The summed E-state index contributed by atoms with van der Waals surface area (Å²) in [6.07, 6.45) is 1.04. The molecule has 0 saturated heterocycles. The Bertz CT molecular complexity index is 826. The van der Waals surface area contributed by atoms with Gasteiger partial charge < -0.3 is 4.90 Å². The van der Waals surface area contributed by atoms with E-state index in [2.05, 4.69) is 54.3 Å². The van der Waals surface area contributed by atoms with Gasteiger partial charge in [-0.05, 0) is 42.7 Å². The number of halogens is 1. The highest BCUT2D eigenvalue weighted by Crippen LogP contribution is 2.28. The molecule has 6 heteroatoms. The number of nitrogens with zero attached hydrogens (tertiary/aromatic N) is 5. The molecule has 5 nitrogen and oxygen atoms in total. The van der Waals surface area contributed by atoms with Crippen molar-refractivity contribution in [3.63, 3.8) is 0 Å². The predicted molar refractivity (Wildman–Crippen MR) is 84.4 cm³/mol. The maximum absolute atomic E-state index is 4.66. The van der Waals surface area contributed by atoms with Crippen LogP contribution in [0.15, 0.2) is 34.8 Å². The summed E-state index contributed by atoms with van der Waals surface area (Å²) in [7, 11) is 0. The normalized spacial score (nSPS) is 14.5. The van der Waals surface area contributed by atoms with Gasteiger partial charge in [0.15, 0.2) is 11.5 Å². The standard InChI is InChI=1S/C15H14BrN5/c1-10-17-18-14-5-6-15(19-21(10)14)20-8-7-11-3-2-4-13(16)12(11)9-20/h2-6H,7-9H2,1H3. The van der Waals surface area contributed by atoms with Crippen molar-refractivity contribution in [1.29, 1.82) is 0 Å². The third-order valence-corrected chi connectivity index (χ3v) is 4.69. The Morgan fingerprint density at radius 1 is 1.14 bits per heavy atom. The van der Waals surface area contributed by atoms with Crippen molar-refractivity contribution in [1.82, 2.24) is 19.8 Å². The zero-order valence-corrected chi connectivity index (χ0v) is 13.2. The van der Waals surface area contributed by atoms with E-state index in [4.69, 9.17) is 0 Å². The number of aryl methyl sites for hydroxylation is 1. The molecule has 0 aliphatic carbocycles. The molecule has 106 valence electrons. The van der Waals surface area contributed by atoms with E-state index >= 15 is 0 Å². The highest BCUT2D eigenvalue weighted by atomic mass is 79.9. The van der Waals surface area contributed by atoms with E-state index in [9.17, 15) is 0 Å². The summed E-state index contributed by atoms with van der Waals surface area (Å²) in [5, 5.41) is 12.8. The zero-order chi connectivity index (χ0) is 14.4. The second-order valence-electron chi connectivity index (χ2n) is 5.26. The predicted octanol–water partition coefficient (Wildman–Crippen LogP) is 2.76. The summed E-state index contributed by atoms with van der Waals surface area (Å²) in [5.41, 5.74) is 3.56. The fraction of sp³-hybridized carbons (Fsp3) is 0.267. The van der Waals surface area contributed by atoms with Gasteiger partial charge >= 0.3 is 0 Å². The number of rotatable bonds is 1. The molecule has 0 amide bonds. The average Bonchev–Trinajstić information content (AvgIpc) is 2.88. The van der Waals surface area contributed by atoms with Gasteiger partial charge in [0.1, 0.15) is 5.82 Å². The lowest BCUT2D eigenvalue weighted by molar-refractivity contribution is 0.702. The summed E-state index contributed by atoms with van der Waals surface area (Å²) in [4.78, 5) is 2.30. The molecule has 0 atom stereocenters. The molecule has 0 spiro atoms. The summed E-state index contributed by atoms with van der Waals surface area (Å²) >= 11 is 3.65. The SMILES string of the molecule is Cc1nnc2ccc(N3CCc4cccc(Br)c4C3)nn12. The highest BCUT2D eigenvalue weighted by molar-refractivity contribution is 9.10. The first-order valence-electron chi connectivity index (χ1n) is 6.92. The van der Waals surface area contributed by atoms with Crippen LogP contribution in [-0.2, 0) is 13.0 Å². The van der Waals surface area contributed by atoms with E-state index in [-0.39, 0.29) is 0 Å². The molecular weight excluding hydrogens is 330 g/mol. The lowest BCUT2D eigenvalue weighted by Crippen LogP contribution is -2.31. The first-order chi connectivity index (χ1) is 10.2. The van der Waals surface area contributed by atoms with E-state index in [1.54, 1.807) is 4.52 Å². The van der Waals surface area contributed by atoms with Crippen molar-refractivity contribution in [3.8, 4) is 0 Å². The molecule has 0 saturated carbocycles. The molecule has 1 aromatic carbocycles. The third kappa shape index (κ3) is 2.10. The number of benzene rings is 1. The van der Waals surface area contributed by atoms with Crippen LogP contribution in [0.5, 0.6) is 0 Å². The Morgan fingerprint density at radius 2 is 2.05 bits per heavy atom. The van der Waals surface area contributed by atoms with Crippen LogP contribution < -0.4 is 4.90 Å². The molecule has 0 bridgehead atoms. The number of hydrogen-bond acceptors (Lipinski definition) is 4. The lowest BCUT2D eigenvalue weighted by atomic mass is 10.00. The summed E-state index contributed by atoms with van der Waals surface area (Å²) in [6.45, 7) is 3.76. The van der Waals surface area contributed by atoms with E-state index in [1.807, 2.05) is 19.1 Å². The van der Waals surface area contributed by atoms with Crippen LogP contribution in [0.3, 0.4) is 0 Å². The molecule has 0 fully saturated rings. The Hall–Kier alpha value is -1.95. The molecule has 21 heavy (non-hydrogen) atoms. The summed E-state index contributed by atoms with van der Waals surface area (Å²) < 4.78 is 2.97. The molecule has 0 unspecified atom stereocenters. The minimum atomic E-state index is 0.787. The summed E-state index contributed by atoms with van der Waals surface area (Å²) in [6, 6.07) is 10.4. The second-order valence-corrected chi connectivity index (χ2v) is 6.11. The van der Waals surface area contributed by atoms with Crippen molar-refractivity contribution in [2.75, 3.05) is 11.4 Å². The molecule has 3 heterocycles. The monoisotopic (exact) mass is 343 g/mol. The maximum atomic E-state index is 4.66. The van der Waals surface area contributed by atoms with Crippen molar-refractivity contribution in [2.24, 2.45) is 0 Å². The van der Waals surface area contributed by atoms with E-state index in [1.165, 1.54) is 15.6 Å². The van der Waals surface area contributed by atoms with Gasteiger partial charge in [-0.3, -0.25) is 0 Å². The number of fused-ring (bicyclic) bond motifs is 2. The van der Waals surface area contributed by atoms with Gasteiger partial charge in [0.2, 0.25) is 0 Å². The van der Waals surface area contributed by atoms with Gasteiger partial charge in [0.05, 0.1) is 0 Å². The number of aromatic nitrogens is 4. The fourth-order valence-electron chi connectivity index (χ4n) is 2.79. The van der Waals surface area contributed by atoms with E-state index in [0.717, 1.165) is 36.8 Å². The minimum Gasteiger partial charge on any atom is -0.350 e.